The zero-order valence-corrected chi connectivity index (χ0v) is 17.0. The number of amides is 1. The predicted octanol–water partition coefficient (Wildman–Crippen LogP) is 2.68. The molecular formula is C21H20N4O4S. The Balaban J connectivity index is 1.80. The molecule has 0 atom stereocenters. The quantitative estimate of drug-likeness (QED) is 0.527. The average molecular weight is 424 g/mol. The number of hydrogen-bond acceptors (Lipinski definition) is 7. The van der Waals surface area contributed by atoms with Gasteiger partial charge < -0.3 is 20.7 Å². The fourth-order valence-corrected chi connectivity index (χ4v) is 3.76. The number of rotatable bonds is 6. The molecule has 1 amide bonds. The Hall–Kier alpha value is -3.59. The van der Waals surface area contributed by atoms with Crippen molar-refractivity contribution in [1.82, 2.24) is 4.68 Å². The number of aromatic nitrogens is 1. The van der Waals surface area contributed by atoms with Gasteiger partial charge in [0.25, 0.3) is 5.91 Å². The number of ether oxygens (including phenoxy) is 1. The maximum atomic E-state index is 11.6. The smallest absolute Gasteiger partial charge is 0.252 e. The lowest BCUT2D eigenvalue weighted by atomic mass is 10.1. The van der Waals surface area contributed by atoms with Crippen molar-refractivity contribution in [1.29, 1.82) is 0 Å². The molecule has 1 saturated carbocycles. The number of nitrogens with zero attached hydrogens (tertiary/aromatic N) is 3. The fraction of sp³-hybridized carbons (Fsp3) is 0.190. The number of primary amides is 1. The highest BCUT2D eigenvalue weighted by Gasteiger charge is 2.21. The van der Waals surface area contributed by atoms with Crippen LogP contribution in [0.1, 0.15) is 28.8 Å². The third-order valence-electron chi connectivity index (χ3n) is 4.61. The molecule has 1 aliphatic carbocycles. The average Bonchev–Trinajstić information content (AvgIpc) is 3.46. The van der Waals surface area contributed by atoms with Gasteiger partial charge in [0, 0.05) is 10.9 Å². The Morgan fingerprint density at radius 1 is 1.23 bits per heavy atom. The second kappa shape index (κ2) is 8.03. The van der Waals surface area contributed by atoms with Gasteiger partial charge in [0.2, 0.25) is 4.80 Å². The van der Waals surface area contributed by atoms with Crippen molar-refractivity contribution in [3.05, 3.63) is 57.7 Å². The van der Waals surface area contributed by atoms with Crippen LogP contribution in [-0.4, -0.2) is 40.2 Å². The molecular weight excluding hydrogens is 404 g/mol. The van der Waals surface area contributed by atoms with Crippen LogP contribution >= 0.6 is 11.3 Å². The van der Waals surface area contributed by atoms with Crippen molar-refractivity contribution < 1.29 is 19.7 Å². The van der Waals surface area contributed by atoms with Gasteiger partial charge >= 0.3 is 0 Å². The van der Waals surface area contributed by atoms with Gasteiger partial charge in [-0.1, -0.05) is 0 Å². The number of methoxy groups -OCH3 is 1. The number of hydrogen-bond donors (Lipinski definition) is 3. The summed E-state index contributed by atoms with van der Waals surface area (Å²) >= 11 is 1.44. The van der Waals surface area contributed by atoms with Crippen molar-refractivity contribution in [3.8, 4) is 28.5 Å². The van der Waals surface area contributed by atoms with E-state index in [2.05, 4.69) is 5.10 Å². The van der Waals surface area contributed by atoms with Gasteiger partial charge in [0.05, 0.1) is 30.6 Å². The molecule has 0 spiro atoms. The summed E-state index contributed by atoms with van der Waals surface area (Å²) in [5.74, 6) is -0.484. The molecule has 8 nitrogen and oxygen atoms in total. The monoisotopic (exact) mass is 424 g/mol. The molecule has 1 aromatic heterocycles. The number of carbonyl (C=O) groups excluding carboxylic acids is 1. The van der Waals surface area contributed by atoms with Gasteiger partial charge in [0.1, 0.15) is 5.75 Å². The Bertz CT molecular complexity index is 1210. The number of aromatic hydroxyl groups is 2. The van der Waals surface area contributed by atoms with Crippen molar-refractivity contribution >= 4 is 23.5 Å². The van der Waals surface area contributed by atoms with E-state index in [0.29, 0.717) is 23.0 Å². The van der Waals surface area contributed by atoms with E-state index in [1.807, 2.05) is 5.38 Å². The lowest BCUT2D eigenvalue weighted by molar-refractivity contribution is 0.0998. The number of nitrogens with two attached hydrogens (primary N) is 1. The van der Waals surface area contributed by atoms with Crippen molar-refractivity contribution in [2.24, 2.45) is 15.8 Å². The third-order valence-corrected chi connectivity index (χ3v) is 5.44. The van der Waals surface area contributed by atoms with Crippen LogP contribution < -0.4 is 15.3 Å². The van der Waals surface area contributed by atoms with Crippen LogP contribution in [0.2, 0.25) is 0 Å². The van der Waals surface area contributed by atoms with Gasteiger partial charge in [0.15, 0.2) is 11.5 Å². The van der Waals surface area contributed by atoms with E-state index in [9.17, 15) is 15.0 Å². The zero-order valence-electron chi connectivity index (χ0n) is 16.1. The molecule has 0 radical (unpaired) electrons. The van der Waals surface area contributed by atoms with Gasteiger partial charge in [-0.15, -0.1) is 11.3 Å². The summed E-state index contributed by atoms with van der Waals surface area (Å²) < 4.78 is 6.84. The molecule has 0 saturated heterocycles. The molecule has 0 unspecified atom stereocenters. The summed E-state index contributed by atoms with van der Waals surface area (Å²) in [6.07, 6.45) is 3.74. The molecule has 1 heterocycles. The molecule has 3 aromatic rings. The second-order valence-electron chi connectivity index (χ2n) is 6.85. The summed E-state index contributed by atoms with van der Waals surface area (Å²) in [6, 6.07) is 9.90. The molecule has 0 aliphatic heterocycles. The third kappa shape index (κ3) is 4.06. The van der Waals surface area contributed by atoms with Crippen LogP contribution in [0.15, 0.2) is 51.9 Å². The van der Waals surface area contributed by atoms with E-state index in [0.717, 1.165) is 23.2 Å². The maximum absolute atomic E-state index is 11.6. The first-order valence-corrected chi connectivity index (χ1v) is 10.1. The molecule has 154 valence electrons. The molecule has 9 heteroatoms. The summed E-state index contributed by atoms with van der Waals surface area (Å²) in [7, 11) is 1.48. The first-order valence-electron chi connectivity index (χ1n) is 9.25. The summed E-state index contributed by atoms with van der Waals surface area (Å²) in [6.45, 7) is 0. The predicted molar refractivity (Wildman–Crippen MR) is 114 cm³/mol. The van der Waals surface area contributed by atoms with E-state index in [-0.39, 0.29) is 17.1 Å². The second-order valence-corrected chi connectivity index (χ2v) is 7.68. The molecule has 1 fully saturated rings. The molecule has 4 rings (SSSR count). The van der Waals surface area contributed by atoms with Crippen LogP contribution in [0.4, 0.5) is 0 Å². The number of benzene rings is 2. The van der Waals surface area contributed by atoms with Crippen LogP contribution in [0.25, 0.3) is 11.3 Å². The highest BCUT2D eigenvalue weighted by atomic mass is 32.1. The van der Waals surface area contributed by atoms with Crippen molar-refractivity contribution in [2.45, 2.75) is 18.9 Å². The Morgan fingerprint density at radius 2 is 2.00 bits per heavy atom. The molecule has 0 bridgehead atoms. The Labute approximate surface area is 176 Å². The summed E-state index contributed by atoms with van der Waals surface area (Å²) in [4.78, 5) is 17.1. The summed E-state index contributed by atoms with van der Waals surface area (Å²) in [5.41, 5.74) is 7.53. The normalized spacial score (nSPS) is 14.4. The number of phenols is 2. The van der Waals surface area contributed by atoms with Crippen LogP contribution in [0.3, 0.4) is 0 Å². The Kier molecular flexibility index (Phi) is 5.28. The SMILES string of the molecule is COc1cc(/C=N/n2c(-c3ccc(O)c(C(N)=O)c3)csc2=NC2CC2)ccc1O. The van der Waals surface area contributed by atoms with Crippen LogP contribution in [-0.2, 0) is 0 Å². The lowest BCUT2D eigenvalue weighted by Gasteiger charge is -2.07. The number of phenolic OH excluding ortho intramolecular Hbond substituents is 1. The van der Waals surface area contributed by atoms with Gasteiger partial charge in [-0.2, -0.15) is 5.10 Å². The topological polar surface area (TPSA) is 122 Å². The minimum absolute atomic E-state index is 0.0400. The largest absolute Gasteiger partial charge is 0.507 e. The van der Waals surface area contributed by atoms with Crippen molar-refractivity contribution in [3.63, 3.8) is 0 Å². The molecule has 30 heavy (non-hydrogen) atoms. The highest BCUT2D eigenvalue weighted by molar-refractivity contribution is 7.07. The van der Waals surface area contributed by atoms with E-state index in [1.54, 1.807) is 29.1 Å². The van der Waals surface area contributed by atoms with E-state index >= 15 is 0 Å². The van der Waals surface area contributed by atoms with Gasteiger partial charge in [-0.3, -0.25) is 9.79 Å². The number of thiazole rings is 1. The highest BCUT2D eigenvalue weighted by Crippen LogP contribution is 2.28. The van der Waals surface area contributed by atoms with E-state index in [1.165, 1.54) is 36.6 Å². The maximum Gasteiger partial charge on any atom is 0.252 e. The molecule has 4 N–H and O–H groups in total. The fourth-order valence-electron chi connectivity index (χ4n) is 2.85. The van der Waals surface area contributed by atoms with Gasteiger partial charge in [-0.25, -0.2) is 4.68 Å². The van der Waals surface area contributed by atoms with E-state index in [4.69, 9.17) is 15.5 Å². The van der Waals surface area contributed by atoms with Crippen molar-refractivity contribution in [2.75, 3.05) is 7.11 Å². The summed E-state index contributed by atoms with van der Waals surface area (Å²) in [5, 5.41) is 26.2. The van der Waals surface area contributed by atoms with Crippen LogP contribution in [0.5, 0.6) is 17.2 Å². The van der Waals surface area contributed by atoms with Crippen LogP contribution in [0, 0.1) is 0 Å². The first-order chi connectivity index (χ1) is 14.5. The lowest BCUT2D eigenvalue weighted by Crippen LogP contribution is -2.14. The minimum Gasteiger partial charge on any atom is -0.507 e. The standard InChI is InChI=1S/C21H20N4O4S/c1-29-19-8-12(2-6-18(19)27)10-23-25-16(11-30-21(25)24-14-4-5-14)13-3-7-17(26)15(9-13)20(22)28/h2-3,6-11,14,26-27H,4-5H2,1H3,(H2,22,28)/b23-10+,24-21?. The minimum atomic E-state index is -0.710. The number of carbonyl (C=O) groups is 1. The first kappa shape index (κ1) is 19.7. The zero-order chi connectivity index (χ0) is 21.3. The molecule has 1 aliphatic rings. The Morgan fingerprint density at radius 3 is 2.70 bits per heavy atom. The van der Waals surface area contributed by atoms with Gasteiger partial charge in [-0.05, 0) is 54.8 Å². The van der Waals surface area contributed by atoms with E-state index < -0.39 is 5.91 Å². The molecule has 2 aromatic carbocycles.